The molecule has 2 aromatic rings. The Morgan fingerprint density at radius 1 is 0.893 bits per heavy atom. The Kier molecular flexibility index (Phi) is 6.47. The lowest BCUT2D eigenvalue weighted by molar-refractivity contribution is -0.170. The van der Waals surface area contributed by atoms with Crippen LogP contribution >= 0.6 is 0 Å². The van der Waals surface area contributed by atoms with Crippen molar-refractivity contribution in [1.82, 2.24) is 0 Å². The molecule has 5 nitrogen and oxygen atoms in total. The van der Waals surface area contributed by atoms with Crippen LogP contribution in [0.15, 0.2) is 60.7 Å². The molecule has 5 heteroatoms. The molecule has 1 fully saturated rings. The topological polar surface area (TPSA) is 61.8 Å². The molecular weight excluding hydrogens is 356 g/mol. The van der Waals surface area contributed by atoms with Gasteiger partial charge in [0.15, 0.2) is 0 Å². The van der Waals surface area contributed by atoms with Gasteiger partial charge in [-0.3, -0.25) is 0 Å². The van der Waals surface area contributed by atoms with Gasteiger partial charge >= 0.3 is 11.9 Å². The van der Waals surface area contributed by atoms with E-state index >= 15 is 0 Å². The van der Waals surface area contributed by atoms with E-state index in [0.29, 0.717) is 11.1 Å². The number of ether oxygens (including phenoxy) is 3. The van der Waals surface area contributed by atoms with Gasteiger partial charge < -0.3 is 14.2 Å². The Bertz CT molecular complexity index is 787. The van der Waals surface area contributed by atoms with E-state index in [9.17, 15) is 9.59 Å². The van der Waals surface area contributed by atoms with Crippen molar-refractivity contribution in [2.75, 3.05) is 6.61 Å². The maximum Gasteiger partial charge on any atom is 0.338 e. The van der Waals surface area contributed by atoms with Gasteiger partial charge in [-0.05, 0) is 30.2 Å². The van der Waals surface area contributed by atoms with Crippen LogP contribution < -0.4 is 0 Å². The molecule has 1 aliphatic rings. The number of carbonyl (C=O) groups is 2. The summed E-state index contributed by atoms with van der Waals surface area (Å²) in [7, 11) is 0. The van der Waals surface area contributed by atoms with E-state index in [4.69, 9.17) is 14.2 Å². The summed E-state index contributed by atoms with van der Waals surface area (Å²) >= 11 is 0. The third-order valence-corrected chi connectivity index (χ3v) is 5.06. The Morgan fingerprint density at radius 2 is 1.39 bits per heavy atom. The van der Waals surface area contributed by atoms with E-state index in [1.807, 2.05) is 32.9 Å². The van der Waals surface area contributed by atoms with Crippen molar-refractivity contribution in [1.29, 1.82) is 0 Å². The lowest BCUT2D eigenvalue weighted by atomic mass is 9.86. The third kappa shape index (κ3) is 4.60. The highest BCUT2D eigenvalue weighted by atomic mass is 16.6. The Morgan fingerprint density at radius 3 is 1.89 bits per heavy atom. The lowest BCUT2D eigenvalue weighted by Crippen LogP contribution is -2.53. The van der Waals surface area contributed by atoms with Crippen molar-refractivity contribution in [2.45, 2.75) is 39.1 Å². The molecule has 0 aliphatic carbocycles. The van der Waals surface area contributed by atoms with Crippen LogP contribution in [0, 0.1) is 11.8 Å². The molecule has 4 atom stereocenters. The number of benzene rings is 2. The molecule has 0 N–H and O–H groups in total. The second-order valence-electron chi connectivity index (χ2n) is 7.45. The zero-order valence-electron chi connectivity index (χ0n) is 16.4. The van der Waals surface area contributed by atoms with Gasteiger partial charge in [0.1, 0.15) is 12.2 Å². The van der Waals surface area contributed by atoms with Crippen LogP contribution in [-0.2, 0) is 14.2 Å². The highest BCUT2D eigenvalue weighted by molar-refractivity contribution is 5.90. The summed E-state index contributed by atoms with van der Waals surface area (Å²) in [5.74, 6) is -0.845. The monoisotopic (exact) mass is 382 g/mol. The van der Waals surface area contributed by atoms with Crippen molar-refractivity contribution in [3.8, 4) is 0 Å². The van der Waals surface area contributed by atoms with Crippen LogP contribution in [0.1, 0.15) is 41.5 Å². The Hall–Kier alpha value is -2.66. The van der Waals surface area contributed by atoms with Crippen LogP contribution in [0.25, 0.3) is 0 Å². The molecular formula is C23H26O5. The van der Waals surface area contributed by atoms with Gasteiger partial charge in [0.25, 0.3) is 0 Å². The van der Waals surface area contributed by atoms with Gasteiger partial charge in [-0.2, -0.15) is 0 Å². The summed E-state index contributed by atoms with van der Waals surface area (Å²) in [6.45, 7) is 6.26. The lowest BCUT2D eigenvalue weighted by Gasteiger charge is -2.41. The van der Waals surface area contributed by atoms with Gasteiger partial charge in [-0.1, -0.05) is 57.2 Å². The number of esters is 2. The molecule has 1 aliphatic heterocycles. The number of hydrogen-bond acceptors (Lipinski definition) is 5. The summed E-state index contributed by atoms with van der Waals surface area (Å²) in [6.07, 6.45) is -1.25. The number of rotatable bonds is 5. The van der Waals surface area contributed by atoms with E-state index in [1.165, 1.54) is 0 Å². The molecule has 0 unspecified atom stereocenters. The van der Waals surface area contributed by atoms with E-state index in [0.717, 1.165) is 0 Å². The van der Waals surface area contributed by atoms with Crippen molar-refractivity contribution >= 4 is 11.9 Å². The van der Waals surface area contributed by atoms with Crippen LogP contribution in [0.4, 0.5) is 0 Å². The second-order valence-corrected chi connectivity index (χ2v) is 7.45. The molecule has 1 heterocycles. The zero-order chi connectivity index (χ0) is 20.1. The zero-order valence-corrected chi connectivity index (χ0v) is 16.4. The summed E-state index contributed by atoms with van der Waals surface area (Å²) in [4.78, 5) is 25.0. The fourth-order valence-electron chi connectivity index (χ4n) is 3.40. The van der Waals surface area contributed by atoms with Gasteiger partial charge in [0.2, 0.25) is 0 Å². The third-order valence-electron chi connectivity index (χ3n) is 5.06. The van der Waals surface area contributed by atoms with Gasteiger partial charge in [-0.15, -0.1) is 0 Å². The standard InChI is InChI=1S/C23H26O5/c1-15(2)20-21(28-23(25)18-12-8-5-9-13-18)16(3)19(14-26-20)27-22(24)17-10-6-4-7-11-17/h4-13,15-16,19-21H,14H2,1-3H3/t16-,19+,20-,21+/m0/s1. The van der Waals surface area contributed by atoms with Crippen LogP contribution in [0.5, 0.6) is 0 Å². The number of carbonyl (C=O) groups excluding carboxylic acids is 2. The SMILES string of the molecule is CC(C)[C@@H]1OC[C@@H](OC(=O)c2ccccc2)[C@H](C)[C@H]1OC(=O)c1ccccc1. The average Bonchev–Trinajstić information content (AvgIpc) is 2.72. The quantitative estimate of drug-likeness (QED) is 0.728. The fraction of sp³-hybridized carbons (Fsp3) is 0.391. The Labute approximate surface area is 165 Å². The molecule has 3 rings (SSSR count). The maximum absolute atomic E-state index is 12.6. The van der Waals surface area contributed by atoms with Crippen LogP contribution in [0.3, 0.4) is 0 Å². The highest BCUT2D eigenvalue weighted by Gasteiger charge is 2.43. The minimum Gasteiger partial charge on any atom is -0.456 e. The molecule has 0 amide bonds. The van der Waals surface area contributed by atoms with Crippen LogP contribution in [0.2, 0.25) is 0 Å². The molecule has 1 saturated heterocycles. The first kappa shape index (κ1) is 20.1. The van der Waals surface area contributed by atoms with Crippen molar-refractivity contribution < 1.29 is 23.8 Å². The normalized spacial score (nSPS) is 24.6. The predicted molar refractivity (Wildman–Crippen MR) is 105 cm³/mol. The first-order valence-corrected chi connectivity index (χ1v) is 9.61. The van der Waals surface area contributed by atoms with E-state index < -0.39 is 24.1 Å². The average molecular weight is 382 g/mol. The first-order valence-electron chi connectivity index (χ1n) is 9.61. The van der Waals surface area contributed by atoms with Gasteiger partial charge in [0, 0.05) is 5.92 Å². The maximum atomic E-state index is 12.6. The molecule has 0 aromatic heterocycles. The summed E-state index contributed by atoms with van der Waals surface area (Å²) in [5.41, 5.74) is 0.971. The second kappa shape index (κ2) is 9.02. The largest absolute Gasteiger partial charge is 0.456 e. The Balaban J connectivity index is 1.73. The molecule has 0 spiro atoms. The highest BCUT2D eigenvalue weighted by Crippen LogP contribution is 2.31. The van der Waals surface area contributed by atoms with Crippen molar-refractivity contribution in [3.05, 3.63) is 71.8 Å². The van der Waals surface area contributed by atoms with E-state index in [-0.39, 0.29) is 24.5 Å². The molecule has 0 radical (unpaired) electrons. The molecule has 0 saturated carbocycles. The van der Waals surface area contributed by atoms with Crippen molar-refractivity contribution in [3.63, 3.8) is 0 Å². The fourth-order valence-corrected chi connectivity index (χ4v) is 3.40. The summed E-state index contributed by atoms with van der Waals surface area (Å²) < 4.78 is 17.5. The smallest absolute Gasteiger partial charge is 0.338 e. The van der Waals surface area contributed by atoms with Gasteiger partial charge in [0.05, 0.1) is 23.8 Å². The minimum absolute atomic E-state index is 0.154. The molecule has 28 heavy (non-hydrogen) atoms. The predicted octanol–water partition coefficient (Wildman–Crippen LogP) is 4.13. The first-order chi connectivity index (χ1) is 13.5. The minimum atomic E-state index is -0.505. The van der Waals surface area contributed by atoms with Gasteiger partial charge in [-0.25, -0.2) is 9.59 Å². The van der Waals surface area contributed by atoms with E-state index in [2.05, 4.69) is 0 Å². The molecule has 148 valence electrons. The summed E-state index contributed by atoms with van der Waals surface area (Å²) in [6, 6.07) is 17.7. The molecule has 2 aromatic carbocycles. The van der Waals surface area contributed by atoms with Crippen LogP contribution in [-0.4, -0.2) is 36.9 Å². The summed E-state index contributed by atoms with van der Waals surface area (Å²) in [5, 5.41) is 0. The number of hydrogen-bond donors (Lipinski definition) is 0. The van der Waals surface area contributed by atoms with E-state index in [1.54, 1.807) is 48.5 Å². The molecule has 0 bridgehead atoms. The van der Waals surface area contributed by atoms with Crippen molar-refractivity contribution in [2.24, 2.45) is 11.8 Å².